The number of carbonyl (C=O) groups is 2. The van der Waals surface area contributed by atoms with Crippen LogP contribution in [0.3, 0.4) is 0 Å². The molecule has 0 bridgehead atoms. The molecule has 1 fully saturated rings. The molecule has 0 heterocycles. The summed E-state index contributed by atoms with van der Waals surface area (Å²) in [5.41, 5.74) is 4.92. The lowest BCUT2D eigenvalue weighted by Gasteiger charge is -2.30. The van der Waals surface area contributed by atoms with Crippen LogP contribution in [0.15, 0.2) is 0 Å². The van der Waals surface area contributed by atoms with Crippen molar-refractivity contribution in [3.8, 4) is 0 Å². The molecule has 0 unspecified atom stereocenters. The molecule has 1 aliphatic rings. The number of hydrogen-bond acceptors (Lipinski definition) is 2. The first kappa shape index (κ1) is 7.05. The fourth-order valence-corrected chi connectivity index (χ4v) is 1.14. The van der Waals surface area contributed by atoms with Crippen LogP contribution in [0.25, 0.3) is 0 Å². The summed E-state index contributed by atoms with van der Waals surface area (Å²) in [7, 11) is 0. The number of carboxylic acid groups (broad SMARTS) is 1. The van der Waals surface area contributed by atoms with Gasteiger partial charge >= 0.3 is 5.97 Å². The highest BCUT2D eigenvalue weighted by atomic mass is 16.4. The molecule has 0 aromatic rings. The van der Waals surface area contributed by atoms with Crippen molar-refractivity contribution in [3.63, 3.8) is 0 Å². The first-order chi connectivity index (χ1) is 4.63. The maximum Gasteiger partial charge on any atom is 0.307 e. The Morgan fingerprint density at radius 3 is 1.90 bits per heavy atom. The summed E-state index contributed by atoms with van der Waals surface area (Å²) in [5, 5.41) is 8.44. The van der Waals surface area contributed by atoms with E-state index in [-0.39, 0.29) is 0 Å². The van der Waals surface area contributed by atoms with Crippen molar-refractivity contribution < 1.29 is 14.7 Å². The Morgan fingerprint density at radius 1 is 1.30 bits per heavy atom. The number of nitrogens with two attached hydrogens (primary N) is 1. The van der Waals surface area contributed by atoms with E-state index in [0.717, 1.165) is 0 Å². The lowest BCUT2D eigenvalue weighted by Crippen LogP contribution is -2.41. The number of rotatable bonds is 2. The van der Waals surface area contributed by atoms with E-state index in [1.807, 2.05) is 0 Å². The van der Waals surface area contributed by atoms with Gasteiger partial charge in [-0.15, -0.1) is 0 Å². The van der Waals surface area contributed by atoms with Gasteiger partial charge in [-0.3, -0.25) is 9.59 Å². The van der Waals surface area contributed by atoms with Gasteiger partial charge in [0.05, 0.1) is 11.8 Å². The van der Waals surface area contributed by atoms with Crippen molar-refractivity contribution in [2.24, 2.45) is 17.6 Å². The van der Waals surface area contributed by atoms with Gasteiger partial charge in [0, 0.05) is 0 Å². The quantitative estimate of drug-likeness (QED) is 0.551. The molecule has 0 aromatic heterocycles. The van der Waals surface area contributed by atoms with Crippen LogP contribution in [0.4, 0.5) is 0 Å². The van der Waals surface area contributed by atoms with Gasteiger partial charge in [0.25, 0.3) is 0 Å². The summed E-state index contributed by atoms with van der Waals surface area (Å²) in [4.78, 5) is 20.7. The van der Waals surface area contributed by atoms with Crippen molar-refractivity contribution in [1.82, 2.24) is 0 Å². The highest BCUT2D eigenvalue weighted by Gasteiger charge is 2.40. The van der Waals surface area contributed by atoms with Gasteiger partial charge < -0.3 is 10.8 Å². The Hall–Kier alpha value is -1.06. The van der Waals surface area contributed by atoms with E-state index in [1.54, 1.807) is 0 Å². The molecular weight excluding hydrogens is 134 g/mol. The van der Waals surface area contributed by atoms with E-state index in [9.17, 15) is 9.59 Å². The molecule has 0 radical (unpaired) electrons. The van der Waals surface area contributed by atoms with Crippen LogP contribution in [0.1, 0.15) is 12.8 Å². The third-order valence-electron chi connectivity index (χ3n) is 1.96. The molecule has 1 rings (SSSR count). The molecule has 0 spiro atoms. The molecule has 56 valence electrons. The van der Waals surface area contributed by atoms with Crippen LogP contribution in [0.2, 0.25) is 0 Å². The van der Waals surface area contributed by atoms with Crippen molar-refractivity contribution in [3.05, 3.63) is 0 Å². The van der Waals surface area contributed by atoms with Gasteiger partial charge in [0.15, 0.2) is 0 Å². The maximum atomic E-state index is 10.5. The molecule has 4 heteroatoms. The number of hydrogen-bond donors (Lipinski definition) is 2. The minimum Gasteiger partial charge on any atom is -0.481 e. The van der Waals surface area contributed by atoms with Gasteiger partial charge in [-0.05, 0) is 12.8 Å². The van der Waals surface area contributed by atoms with Crippen LogP contribution in [0.5, 0.6) is 0 Å². The van der Waals surface area contributed by atoms with E-state index in [1.165, 1.54) is 0 Å². The van der Waals surface area contributed by atoms with Gasteiger partial charge in [-0.25, -0.2) is 0 Å². The highest BCUT2D eigenvalue weighted by Crippen LogP contribution is 2.33. The monoisotopic (exact) mass is 143 g/mol. The Balaban J connectivity index is 2.51. The summed E-state index contributed by atoms with van der Waals surface area (Å²) >= 11 is 0. The Bertz CT molecular complexity index is 158. The second-order valence-electron chi connectivity index (χ2n) is 2.53. The maximum absolute atomic E-state index is 10.5. The van der Waals surface area contributed by atoms with Crippen LogP contribution in [-0.4, -0.2) is 17.0 Å². The molecule has 0 saturated heterocycles. The summed E-state index contributed by atoms with van der Waals surface area (Å²) in [6.45, 7) is 0. The van der Waals surface area contributed by atoms with Crippen molar-refractivity contribution in [1.29, 1.82) is 0 Å². The topological polar surface area (TPSA) is 80.4 Å². The fraction of sp³-hybridized carbons (Fsp3) is 0.667. The molecule has 2 atom stereocenters. The second-order valence-corrected chi connectivity index (χ2v) is 2.53. The zero-order chi connectivity index (χ0) is 7.72. The average Bonchev–Trinajstić information content (AvgIpc) is 1.56. The molecular formula is C6H9NO3. The molecule has 0 aromatic carbocycles. The minimum absolute atomic E-state index is 0.419. The van der Waals surface area contributed by atoms with Crippen LogP contribution >= 0.6 is 0 Å². The predicted molar refractivity (Wildman–Crippen MR) is 33.0 cm³/mol. The van der Waals surface area contributed by atoms with Crippen molar-refractivity contribution >= 4 is 11.9 Å². The largest absolute Gasteiger partial charge is 0.481 e. The number of aliphatic carboxylic acids is 1. The third kappa shape index (κ3) is 0.964. The Morgan fingerprint density at radius 2 is 1.80 bits per heavy atom. The molecule has 0 aliphatic heterocycles. The summed E-state index contributed by atoms with van der Waals surface area (Å²) < 4.78 is 0. The van der Waals surface area contributed by atoms with E-state index in [2.05, 4.69) is 0 Å². The van der Waals surface area contributed by atoms with Crippen molar-refractivity contribution in [2.45, 2.75) is 12.8 Å². The van der Waals surface area contributed by atoms with Gasteiger partial charge in [-0.2, -0.15) is 0 Å². The lowest BCUT2D eigenvalue weighted by atomic mass is 9.73. The SMILES string of the molecule is NC(=O)[C@H]1CC[C@H]1C(=O)O. The van der Waals surface area contributed by atoms with E-state index in [4.69, 9.17) is 10.8 Å². The normalized spacial score (nSPS) is 30.8. The summed E-state index contributed by atoms with van der Waals surface area (Å²) in [5.74, 6) is -2.33. The predicted octanol–water partition coefficient (Wildman–Crippen LogP) is -0.418. The molecule has 3 N–H and O–H groups in total. The van der Waals surface area contributed by atoms with E-state index in [0.29, 0.717) is 12.8 Å². The summed E-state index contributed by atoms with van der Waals surface area (Å²) in [6.07, 6.45) is 1.22. The van der Waals surface area contributed by atoms with E-state index < -0.39 is 23.7 Å². The molecule has 1 amide bonds. The lowest BCUT2D eigenvalue weighted by molar-refractivity contribution is -0.151. The number of amides is 1. The second kappa shape index (κ2) is 2.28. The zero-order valence-corrected chi connectivity index (χ0v) is 5.41. The smallest absolute Gasteiger partial charge is 0.307 e. The average molecular weight is 143 g/mol. The van der Waals surface area contributed by atoms with Gasteiger partial charge in [0.2, 0.25) is 5.91 Å². The Labute approximate surface area is 58.0 Å². The Kier molecular flexibility index (Phi) is 1.61. The summed E-state index contributed by atoms with van der Waals surface area (Å²) in [6, 6.07) is 0. The van der Waals surface area contributed by atoms with Crippen LogP contribution in [0, 0.1) is 11.8 Å². The number of carbonyl (C=O) groups excluding carboxylic acids is 1. The first-order valence-corrected chi connectivity index (χ1v) is 3.15. The van der Waals surface area contributed by atoms with Crippen LogP contribution in [-0.2, 0) is 9.59 Å². The standard InChI is InChI=1S/C6H9NO3/c7-5(8)3-1-2-4(3)6(9)10/h3-4H,1-2H2,(H2,7,8)(H,9,10)/t3-,4+/m0/s1. The molecule has 1 aliphatic carbocycles. The number of primary amides is 1. The van der Waals surface area contributed by atoms with E-state index >= 15 is 0 Å². The zero-order valence-electron chi connectivity index (χ0n) is 5.41. The third-order valence-corrected chi connectivity index (χ3v) is 1.96. The molecule has 1 saturated carbocycles. The van der Waals surface area contributed by atoms with Crippen LogP contribution < -0.4 is 5.73 Å². The molecule has 4 nitrogen and oxygen atoms in total. The van der Waals surface area contributed by atoms with Gasteiger partial charge in [-0.1, -0.05) is 0 Å². The fourth-order valence-electron chi connectivity index (χ4n) is 1.14. The molecule has 10 heavy (non-hydrogen) atoms. The van der Waals surface area contributed by atoms with Crippen molar-refractivity contribution in [2.75, 3.05) is 0 Å². The minimum atomic E-state index is -0.907. The van der Waals surface area contributed by atoms with Gasteiger partial charge in [0.1, 0.15) is 0 Å². The number of carboxylic acids is 1. The highest BCUT2D eigenvalue weighted by molar-refractivity contribution is 5.85. The first-order valence-electron chi connectivity index (χ1n) is 3.15.